The summed E-state index contributed by atoms with van der Waals surface area (Å²) < 4.78 is 0. The summed E-state index contributed by atoms with van der Waals surface area (Å²) in [6, 6.07) is 0. The van der Waals surface area contributed by atoms with E-state index in [2.05, 4.69) is 53.5 Å². The number of rotatable bonds is 9. The highest BCUT2D eigenvalue weighted by Crippen LogP contribution is 2.35. The Morgan fingerprint density at radius 2 is 1.67 bits per heavy atom. The SMILES string of the molecule is CCCCCC(C)(C)c1nc(C(CC)CC)[nH]c1C(C)C. The number of nitrogens with zero attached hydrogens (tertiary/aromatic N) is 1. The second kappa shape index (κ2) is 8.00. The van der Waals surface area contributed by atoms with Crippen molar-refractivity contribution >= 4 is 0 Å². The summed E-state index contributed by atoms with van der Waals surface area (Å²) in [5.74, 6) is 2.30. The summed E-state index contributed by atoms with van der Waals surface area (Å²) in [6.07, 6.45) is 7.47. The van der Waals surface area contributed by atoms with Gasteiger partial charge in [0.05, 0.1) is 5.69 Å². The van der Waals surface area contributed by atoms with E-state index in [9.17, 15) is 0 Å². The van der Waals surface area contributed by atoms with E-state index >= 15 is 0 Å². The first kappa shape index (κ1) is 18.3. The van der Waals surface area contributed by atoms with Gasteiger partial charge in [-0.3, -0.25) is 0 Å². The molecule has 0 aliphatic rings. The van der Waals surface area contributed by atoms with Crippen LogP contribution < -0.4 is 0 Å². The zero-order chi connectivity index (χ0) is 16.0. The van der Waals surface area contributed by atoms with E-state index in [0.717, 1.165) is 12.8 Å². The summed E-state index contributed by atoms with van der Waals surface area (Å²) in [5.41, 5.74) is 2.85. The van der Waals surface area contributed by atoms with Crippen molar-refractivity contribution < 1.29 is 0 Å². The molecule has 0 aliphatic heterocycles. The number of nitrogens with one attached hydrogen (secondary N) is 1. The van der Waals surface area contributed by atoms with Crippen molar-refractivity contribution in [3.63, 3.8) is 0 Å². The van der Waals surface area contributed by atoms with Crippen LogP contribution >= 0.6 is 0 Å². The minimum atomic E-state index is 0.176. The molecule has 1 rings (SSSR count). The monoisotopic (exact) mass is 292 g/mol. The molecular formula is C19H36N2. The smallest absolute Gasteiger partial charge is 0.109 e. The quantitative estimate of drug-likeness (QED) is 0.532. The van der Waals surface area contributed by atoms with Crippen LogP contribution in [0.25, 0.3) is 0 Å². The van der Waals surface area contributed by atoms with Gasteiger partial charge in [-0.25, -0.2) is 4.98 Å². The Balaban J connectivity index is 3.08. The van der Waals surface area contributed by atoms with Crippen molar-refractivity contribution in [2.45, 2.75) is 104 Å². The largest absolute Gasteiger partial charge is 0.345 e. The minimum Gasteiger partial charge on any atom is -0.345 e. The third-order valence-electron chi connectivity index (χ3n) is 4.75. The standard InChI is InChI=1S/C19H36N2/c1-8-11-12-13-19(6,7)17-16(14(4)5)20-18(21-17)15(9-2)10-3/h14-15H,8-13H2,1-7H3,(H,20,21). The third-order valence-corrected chi connectivity index (χ3v) is 4.75. The second-order valence-corrected chi connectivity index (χ2v) is 7.39. The van der Waals surface area contributed by atoms with Gasteiger partial charge in [0.25, 0.3) is 0 Å². The van der Waals surface area contributed by atoms with Crippen LogP contribution in [0, 0.1) is 0 Å². The first-order valence-electron chi connectivity index (χ1n) is 8.97. The molecule has 0 bridgehead atoms. The van der Waals surface area contributed by atoms with Crippen LogP contribution in [0.4, 0.5) is 0 Å². The van der Waals surface area contributed by atoms with Gasteiger partial charge in [0.15, 0.2) is 0 Å². The molecule has 1 aromatic rings. The number of aromatic nitrogens is 2. The molecule has 0 atom stereocenters. The first-order valence-corrected chi connectivity index (χ1v) is 8.97. The normalized spacial score (nSPS) is 12.6. The van der Waals surface area contributed by atoms with Crippen LogP contribution in [0.1, 0.15) is 116 Å². The number of hydrogen-bond acceptors (Lipinski definition) is 1. The molecule has 0 amide bonds. The molecule has 0 radical (unpaired) electrons. The van der Waals surface area contributed by atoms with Gasteiger partial charge < -0.3 is 4.98 Å². The number of aromatic amines is 1. The molecule has 2 heteroatoms. The summed E-state index contributed by atoms with van der Waals surface area (Å²) in [5, 5.41) is 0. The maximum atomic E-state index is 5.07. The van der Waals surface area contributed by atoms with Gasteiger partial charge in [-0.1, -0.05) is 67.7 Å². The van der Waals surface area contributed by atoms with Crippen LogP contribution in [-0.4, -0.2) is 9.97 Å². The van der Waals surface area contributed by atoms with E-state index < -0.39 is 0 Å². The van der Waals surface area contributed by atoms with E-state index in [1.165, 1.54) is 42.9 Å². The molecular weight excluding hydrogens is 256 g/mol. The van der Waals surface area contributed by atoms with E-state index in [1.54, 1.807) is 0 Å². The second-order valence-electron chi connectivity index (χ2n) is 7.39. The van der Waals surface area contributed by atoms with E-state index in [1.807, 2.05) is 0 Å². The highest BCUT2D eigenvalue weighted by Gasteiger charge is 2.29. The van der Waals surface area contributed by atoms with Gasteiger partial charge >= 0.3 is 0 Å². The van der Waals surface area contributed by atoms with E-state index in [0.29, 0.717) is 11.8 Å². The molecule has 2 nitrogen and oxygen atoms in total. The number of H-pyrrole nitrogens is 1. The summed E-state index contributed by atoms with van der Waals surface area (Å²) >= 11 is 0. The zero-order valence-electron chi connectivity index (χ0n) is 15.3. The Morgan fingerprint density at radius 3 is 2.14 bits per heavy atom. The predicted molar refractivity (Wildman–Crippen MR) is 93.2 cm³/mol. The average Bonchev–Trinajstić information content (AvgIpc) is 2.86. The van der Waals surface area contributed by atoms with Gasteiger partial charge in [0.1, 0.15) is 5.82 Å². The Bertz CT molecular complexity index is 411. The fourth-order valence-electron chi connectivity index (χ4n) is 3.14. The molecule has 0 saturated carbocycles. The van der Waals surface area contributed by atoms with Crippen LogP contribution in [0.5, 0.6) is 0 Å². The Kier molecular flexibility index (Phi) is 6.96. The van der Waals surface area contributed by atoms with Crippen LogP contribution in [0.2, 0.25) is 0 Å². The van der Waals surface area contributed by atoms with Gasteiger partial charge in [-0.05, 0) is 25.2 Å². The van der Waals surface area contributed by atoms with Crippen molar-refractivity contribution in [2.75, 3.05) is 0 Å². The Hall–Kier alpha value is -0.790. The summed E-state index contributed by atoms with van der Waals surface area (Å²) in [4.78, 5) is 8.74. The van der Waals surface area contributed by atoms with Crippen LogP contribution in [-0.2, 0) is 5.41 Å². The molecule has 0 spiro atoms. The molecule has 0 aromatic carbocycles. The van der Waals surface area contributed by atoms with Crippen molar-refractivity contribution in [3.8, 4) is 0 Å². The molecule has 0 aliphatic carbocycles. The fourth-order valence-corrected chi connectivity index (χ4v) is 3.14. The van der Waals surface area contributed by atoms with Gasteiger partial charge in [-0.15, -0.1) is 0 Å². The van der Waals surface area contributed by atoms with Gasteiger partial charge in [0.2, 0.25) is 0 Å². The fraction of sp³-hybridized carbons (Fsp3) is 0.842. The maximum absolute atomic E-state index is 5.07. The molecule has 0 fully saturated rings. The molecule has 1 heterocycles. The van der Waals surface area contributed by atoms with E-state index in [-0.39, 0.29) is 5.41 Å². The van der Waals surface area contributed by atoms with Gasteiger partial charge in [0, 0.05) is 17.0 Å². The zero-order valence-corrected chi connectivity index (χ0v) is 15.3. The first-order chi connectivity index (χ1) is 9.87. The highest BCUT2D eigenvalue weighted by atomic mass is 15.0. The maximum Gasteiger partial charge on any atom is 0.109 e. The lowest BCUT2D eigenvalue weighted by atomic mass is 9.81. The van der Waals surface area contributed by atoms with Crippen LogP contribution in [0.3, 0.4) is 0 Å². The van der Waals surface area contributed by atoms with Crippen LogP contribution in [0.15, 0.2) is 0 Å². The number of hydrogen-bond donors (Lipinski definition) is 1. The molecule has 122 valence electrons. The lowest BCUT2D eigenvalue weighted by Gasteiger charge is -2.25. The Morgan fingerprint density at radius 1 is 1.05 bits per heavy atom. The van der Waals surface area contributed by atoms with Crippen molar-refractivity contribution in [1.82, 2.24) is 9.97 Å². The Labute approximate surface area is 132 Å². The lowest BCUT2D eigenvalue weighted by Crippen LogP contribution is -2.20. The molecule has 21 heavy (non-hydrogen) atoms. The molecule has 1 aromatic heterocycles. The lowest BCUT2D eigenvalue weighted by molar-refractivity contribution is 0.433. The summed E-state index contributed by atoms with van der Waals surface area (Å²) in [6.45, 7) is 16.1. The number of imidazole rings is 1. The van der Waals surface area contributed by atoms with E-state index in [4.69, 9.17) is 4.98 Å². The highest BCUT2D eigenvalue weighted by molar-refractivity contribution is 5.26. The van der Waals surface area contributed by atoms with Crippen molar-refractivity contribution in [1.29, 1.82) is 0 Å². The minimum absolute atomic E-state index is 0.176. The number of unbranched alkanes of at least 4 members (excludes halogenated alkanes) is 2. The molecule has 0 unspecified atom stereocenters. The topological polar surface area (TPSA) is 28.7 Å². The third kappa shape index (κ3) is 4.59. The molecule has 0 saturated heterocycles. The van der Waals surface area contributed by atoms with Crippen molar-refractivity contribution in [3.05, 3.63) is 17.2 Å². The predicted octanol–water partition coefficient (Wildman–Crippen LogP) is 6.29. The summed E-state index contributed by atoms with van der Waals surface area (Å²) in [7, 11) is 0. The van der Waals surface area contributed by atoms with Gasteiger partial charge in [-0.2, -0.15) is 0 Å². The molecule has 1 N–H and O–H groups in total. The van der Waals surface area contributed by atoms with Crippen molar-refractivity contribution in [2.24, 2.45) is 0 Å². The average molecular weight is 293 g/mol.